The molecule has 0 saturated carbocycles. The first kappa shape index (κ1) is 12.6. The Morgan fingerprint density at radius 3 is 2.90 bits per heavy atom. The predicted octanol–water partition coefficient (Wildman–Crippen LogP) is 3.15. The lowest BCUT2D eigenvalue weighted by atomic mass is 9.97. The van der Waals surface area contributed by atoms with Crippen LogP contribution in [0.2, 0.25) is 0 Å². The second-order valence-electron chi connectivity index (χ2n) is 4.42. The topological polar surface area (TPSA) is 91.4 Å². The number of H-pyrrole nitrogens is 1. The second-order valence-corrected chi connectivity index (χ2v) is 5.33. The van der Waals surface area contributed by atoms with E-state index in [-0.39, 0.29) is 5.82 Å². The molecule has 5 nitrogen and oxygen atoms in total. The van der Waals surface area contributed by atoms with Gasteiger partial charge in [0.25, 0.3) is 0 Å². The van der Waals surface area contributed by atoms with Crippen LogP contribution >= 0.6 is 15.9 Å². The Labute approximate surface area is 123 Å². The van der Waals surface area contributed by atoms with Crippen molar-refractivity contribution in [2.45, 2.75) is 6.92 Å². The number of hydrogen-bond donors (Lipinski definition) is 2. The molecule has 6 heteroatoms. The highest BCUT2D eigenvalue weighted by molar-refractivity contribution is 9.10. The van der Waals surface area contributed by atoms with Gasteiger partial charge in [0, 0.05) is 15.7 Å². The maximum atomic E-state index is 9.41. The van der Waals surface area contributed by atoms with Crippen LogP contribution in [-0.4, -0.2) is 15.2 Å². The normalized spacial score (nSPS) is 10.7. The number of aromatic amines is 1. The van der Waals surface area contributed by atoms with Crippen LogP contribution in [0.3, 0.4) is 0 Å². The lowest BCUT2D eigenvalue weighted by Crippen LogP contribution is -1.99. The Balaban J connectivity index is 2.49. The van der Waals surface area contributed by atoms with Crippen LogP contribution < -0.4 is 5.73 Å². The molecule has 3 rings (SSSR count). The van der Waals surface area contributed by atoms with Crippen LogP contribution in [-0.2, 0) is 0 Å². The predicted molar refractivity (Wildman–Crippen MR) is 80.9 cm³/mol. The first-order valence-corrected chi connectivity index (χ1v) is 6.71. The van der Waals surface area contributed by atoms with E-state index in [2.05, 4.69) is 37.2 Å². The van der Waals surface area contributed by atoms with Gasteiger partial charge in [0.2, 0.25) is 0 Å². The van der Waals surface area contributed by atoms with Crippen molar-refractivity contribution < 1.29 is 0 Å². The summed E-state index contributed by atoms with van der Waals surface area (Å²) in [5.41, 5.74) is 9.31. The molecule has 0 amide bonds. The summed E-state index contributed by atoms with van der Waals surface area (Å²) in [6.07, 6.45) is 0. The van der Waals surface area contributed by atoms with Gasteiger partial charge in [0.05, 0.1) is 5.39 Å². The number of aryl methyl sites for hydroxylation is 1. The summed E-state index contributed by atoms with van der Waals surface area (Å²) in [5.74, 6) is 0.196. The molecule has 0 fully saturated rings. The van der Waals surface area contributed by atoms with Crippen LogP contribution in [0.1, 0.15) is 11.3 Å². The Morgan fingerprint density at radius 1 is 1.40 bits per heavy atom. The summed E-state index contributed by atoms with van der Waals surface area (Å²) in [4.78, 5) is 4.18. The number of aromatic nitrogens is 3. The maximum Gasteiger partial charge on any atom is 0.183 e. The van der Waals surface area contributed by atoms with Crippen molar-refractivity contribution in [2.24, 2.45) is 0 Å². The van der Waals surface area contributed by atoms with E-state index in [1.54, 1.807) is 0 Å². The minimum atomic E-state index is 0.196. The summed E-state index contributed by atoms with van der Waals surface area (Å²) in [6, 6.07) is 9.87. The average Bonchev–Trinajstić information content (AvgIpc) is 2.78. The van der Waals surface area contributed by atoms with E-state index in [1.807, 2.05) is 31.2 Å². The van der Waals surface area contributed by atoms with Crippen molar-refractivity contribution in [1.82, 2.24) is 15.2 Å². The number of nitrogens with zero attached hydrogens (tertiary/aromatic N) is 3. The fourth-order valence-corrected chi connectivity index (χ4v) is 2.66. The molecular formula is C14H10BrN5. The average molecular weight is 328 g/mol. The third kappa shape index (κ3) is 1.84. The maximum absolute atomic E-state index is 9.41. The summed E-state index contributed by atoms with van der Waals surface area (Å²) in [6.45, 7) is 1.90. The van der Waals surface area contributed by atoms with Gasteiger partial charge in [0.15, 0.2) is 5.65 Å². The fourth-order valence-electron chi connectivity index (χ4n) is 2.27. The van der Waals surface area contributed by atoms with Gasteiger partial charge in [-0.05, 0) is 24.6 Å². The Hall–Kier alpha value is -2.39. The molecule has 0 radical (unpaired) electrons. The quantitative estimate of drug-likeness (QED) is 0.718. The number of nitrogen functional groups attached to an aromatic ring is 1. The second kappa shape index (κ2) is 4.62. The summed E-state index contributed by atoms with van der Waals surface area (Å²) in [7, 11) is 0. The zero-order valence-electron chi connectivity index (χ0n) is 10.6. The first-order chi connectivity index (χ1) is 9.61. The number of anilines is 1. The number of hydrogen-bond acceptors (Lipinski definition) is 4. The van der Waals surface area contributed by atoms with Gasteiger partial charge >= 0.3 is 0 Å². The van der Waals surface area contributed by atoms with Crippen molar-refractivity contribution in [1.29, 1.82) is 5.26 Å². The Kier molecular flexibility index (Phi) is 2.92. The number of halogens is 1. The molecule has 20 heavy (non-hydrogen) atoms. The molecule has 0 bridgehead atoms. The lowest BCUT2D eigenvalue weighted by Gasteiger charge is -2.09. The molecule has 1 aromatic carbocycles. The minimum absolute atomic E-state index is 0.196. The van der Waals surface area contributed by atoms with E-state index in [9.17, 15) is 5.26 Å². The van der Waals surface area contributed by atoms with E-state index >= 15 is 0 Å². The van der Waals surface area contributed by atoms with Crippen LogP contribution in [0.5, 0.6) is 0 Å². The molecule has 3 aromatic rings. The van der Waals surface area contributed by atoms with Crippen molar-refractivity contribution in [3.8, 4) is 17.2 Å². The van der Waals surface area contributed by atoms with Crippen LogP contribution in [0, 0.1) is 18.3 Å². The molecule has 3 N–H and O–H groups in total. The number of fused-ring (bicyclic) bond motifs is 1. The van der Waals surface area contributed by atoms with Gasteiger partial charge < -0.3 is 5.73 Å². The molecule has 0 spiro atoms. The molecule has 0 atom stereocenters. The number of pyridine rings is 1. The van der Waals surface area contributed by atoms with Gasteiger partial charge in [-0.25, -0.2) is 4.98 Å². The zero-order chi connectivity index (χ0) is 14.3. The smallest absolute Gasteiger partial charge is 0.183 e. The summed E-state index contributed by atoms with van der Waals surface area (Å²) < 4.78 is 0.934. The highest BCUT2D eigenvalue weighted by Gasteiger charge is 2.18. The SMILES string of the molecule is Cc1[nH]nc2nc(N)c(C#N)c(-c3cccc(Br)c3)c12. The Morgan fingerprint density at radius 2 is 2.20 bits per heavy atom. The number of nitrogens with two attached hydrogens (primary N) is 1. The van der Waals surface area contributed by atoms with E-state index in [4.69, 9.17) is 5.73 Å². The van der Waals surface area contributed by atoms with E-state index in [0.717, 1.165) is 26.7 Å². The van der Waals surface area contributed by atoms with Crippen molar-refractivity contribution in [3.05, 3.63) is 40.0 Å². The molecule has 0 unspecified atom stereocenters. The van der Waals surface area contributed by atoms with E-state index in [0.29, 0.717) is 11.2 Å². The lowest BCUT2D eigenvalue weighted by molar-refractivity contribution is 1.06. The molecular weight excluding hydrogens is 318 g/mol. The highest BCUT2D eigenvalue weighted by Crippen LogP contribution is 2.35. The largest absolute Gasteiger partial charge is 0.383 e. The van der Waals surface area contributed by atoms with Gasteiger partial charge in [-0.1, -0.05) is 28.1 Å². The van der Waals surface area contributed by atoms with E-state index < -0.39 is 0 Å². The molecule has 0 aliphatic heterocycles. The summed E-state index contributed by atoms with van der Waals surface area (Å²) >= 11 is 3.44. The monoisotopic (exact) mass is 327 g/mol. The number of benzene rings is 1. The molecule has 0 saturated heterocycles. The number of nitrogens with one attached hydrogen (secondary N) is 1. The van der Waals surface area contributed by atoms with Crippen molar-refractivity contribution >= 4 is 32.8 Å². The third-order valence-electron chi connectivity index (χ3n) is 3.14. The first-order valence-electron chi connectivity index (χ1n) is 5.92. The molecule has 0 aliphatic carbocycles. The number of nitriles is 1. The zero-order valence-corrected chi connectivity index (χ0v) is 12.2. The van der Waals surface area contributed by atoms with Crippen LogP contribution in [0.15, 0.2) is 28.7 Å². The molecule has 0 aliphatic rings. The minimum Gasteiger partial charge on any atom is -0.383 e. The van der Waals surface area contributed by atoms with Crippen LogP contribution in [0.4, 0.5) is 5.82 Å². The summed E-state index contributed by atoms with van der Waals surface area (Å²) in [5, 5.41) is 17.2. The van der Waals surface area contributed by atoms with Gasteiger partial charge in [-0.15, -0.1) is 0 Å². The fraction of sp³-hybridized carbons (Fsp3) is 0.0714. The standard InChI is InChI=1S/C14H10BrN5/c1-7-11-12(8-3-2-4-9(15)5-8)10(6-16)13(17)18-14(11)20-19-7/h2-5H,1H3,(H3,17,18,19,20). The van der Waals surface area contributed by atoms with Gasteiger partial charge in [-0.3, -0.25) is 5.10 Å². The van der Waals surface area contributed by atoms with Gasteiger partial charge in [-0.2, -0.15) is 10.4 Å². The Bertz CT molecular complexity index is 860. The molecule has 98 valence electrons. The van der Waals surface area contributed by atoms with E-state index in [1.165, 1.54) is 0 Å². The van der Waals surface area contributed by atoms with Gasteiger partial charge in [0.1, 0.15) is 17.5 Å². The third-order valence-corrected chi connectivity index (χ3v) is 3.63. The van der Waals surface area contributed by atoms with Crippen LogP contribution in [0.25, 0.3) is 22.2 Å². The van der Waals surface area contributed by atoms with Crippen molar-refractivity contribution in [2.75, 3.05) is 5.73 Å². The molecule has 2 heterocycles. The molecule has 2 aromatic heterocycles. The number of rotatable bonds is 1. The van der Waals surface area contributed by atoms with Crippen molar-refractivity contribution in [3.63, 3.8) is 0 Å². The highest BCUT2D eigenvalue weighted by atomic mass is 79.9.